The molecule has 2 aliphatic heterocycles. The molecule has 3 rings (SSSR count). The second-order valence-corrected chi connectivity index (χ2v) is 11.4. The first-order valence-corrected chi connectivity index (χ1v) is 12.3. The van der Waals surface area contributed by atoms with Crippen molar-refractivity contribution in [1.82, 2.24) is 9.80 Å². The minimum absolute atomic E-state index is 0.112. The molecule has 0 N–H and O–H groups in total. The zero-order valence-corrected chi connectivity index (χ0v) is 21.0. The van der Waals surface area contributed by atoms with Crippen LogP contribution in [0.3, 0.4) is 0 Å². The number of piperidine rings is 1. The summed E-state index contributed by atoms with van der Waals surface area (Å²) in [5, 5.41) is 0. The largest absolute Gasteiger partial charge is 0.375 e. The van der Waals surface area contributed by atoms with Crippen LogP contribution in [-0.4, -0.2) is 59.6 Å². The van der Waals surface area contributed by atoms with Crippen molar-refractivity contribution in [2.45, 2.75) is 72.4 Å². The van der Waals surface area contributed by atoms with Crippen molar-refractivity contribution in [1.29, 1.82) is 0 Å². The number of hydrogen-bond acceptors (Lipinski definition) is 3. The molecule has 0 aromatic heterocycles. The fourth-order valence-electron chi connectivity index (χ4n) is 5.68. The van der Waals surface area contributed by atoms with E-state index in [1.165, 1.54) is 6.08 Å². The normalized spacial score (nSPS) is 36.8. The Morgan fingerprint density at radius 3 is 2.31 bits per heavy atom. The highest BCUT2D eigenvalue weighted by Crippen LogP contribution is 2.43. The first-order chi connectivity index (χ1) is 14.9. The van der Waals surface area contributed by atoms with E-state index in [9.17, 15) is 13.6 Å². The highest BCUT2D eigenvalue weighted by atomic mass is 19.1. The first-order valence-electron chi connectivity index (χ1n) is 12.3. The van der Waals surface area contributed by atoms with Gasteiger partial charge in [0.2, 0.25) is 5.91 Å². The van der Waals surface area contributed by atoms with E-state index in [1.807, 2.05) is 4.90 Å². The lowest BCUT2D eigenvalue weighted by atomic mass is 9.74. The van der Waals surface area contributed by atoms with Crippen LogP contribution in [0.5, 0.6) is 0 Å². The highest BCUT2D eigenvalue weighted by molar-refractivity contribution is 5.80. The number of nitrogens with zero attached hydrogens (tertiary/aromatic N) is 2. The van der Waals surface area contributed by atoms with Gasteiger partial charge >= 0.3 is 0 Å². The Hall–Kier alpha value is -1.27. The van der Waals surface area contributed by atoms with Gasteiger partial charge in [-0.3, -0.25) is 9.69 Å². The summed E-state index contributed by atoms with van der Waals surface area (Å²) >= 11 is 0. The molecule has 0 aromatic rings. The highest BCUT2D eigenvalue weighted by Gasteiger charge is 2.50. The molecule has 32 heavy (non-hydrogen) atoms. The topological polar surface area (TPSA) is 32.8 Å². The second-order valence-electron chi connectivity index (χ2n) is 11.4. The summed E-state index contributed by atoms with van der Waals surface area (Å²) in [4.78, 5) is 18.1. The summed E-state index contributed by atoms with van der Waals surface area (Å²) in [6.45, 7) is 18.3. The van der Waals surface area contributed by atoms with Gasteiger partial charge in [-0.2, -0.15) is 0 Å². The smallest absolute Gasteiger partial charge is 0.227 e. The quantitative estimate of drug-likeness (QED) is 0.563. The van der Waals surface area contributed by atoms with Crippen LogP contribution in [-0.2, 0) is 9.53 Å². The van der Waals surface area contributed by atoms with E-state index in [4.69, 9.17) is 4.74 Å². The predicted molar refractivity (Wildman–Crippen MR) is 124 cm³/mol. The van der Waals surface area contributed by atoms with E-state index in [-0.39, 0.29) is 40.7 Å². The maximum Gasteiger partial charge on any atom is 0.227 e. The molecule has 1 unspecified atom stereocenters. The van der Waals surface area contributed by atoms with Crippen molar-refractivity contribution in [3.05, 3.63) is 23.8 Å². The lowest BCUT2D eigenvalue weighted by Crippen LogP contribution is -2.59. The second kappa shape index (κ2) is 9.54. The fraction of sp³-hybridized carbons (Fsp3) is 0.808. The Bertz CT molecular complexity index is 745. The van der Waals surface area contributed by atoms with Gasteiger partial charge < -0.3 is 9.64 Å². The summed E-state index contributed by atoms with van der Waals surface area (Å²) in [5.41, 5.74) is -0.363. The molecule has 6 atom stereocenters. The number of carbonyl (C=O) groups is 1. The number of carbonyl (C=O) groups excluding carboxylic acids is 1. The molecule has 6 heteroatoms. The van der Waals surface area contributed by atoms with Gasteiger partial charge in [0.05, 0.1) is 11.5 Å². The van der Waals surface area contributed by atoms with Crippen molar-refractivity contribution >= 4 is 5.91 Å². The Morgan fingerprint density at radius 1 is 1.16 bits per heavy atom. The van der Waals surface area contributed by atoms with Gasteiger partial charge in [0.1, 0.15) is 11.7 Å². The summed E-state index contributed by atoms with van der Waals surface area (Å²) in [6.07, 6.45) is 3.74. The molecule has 3 aliphatic rings. The number of allylic oxidation sites excluding steroid dienone is 4. The number of ether oxygens (including phenoxy) is 1. The number of likely N-dealkylation sites (tertiary alicyclic amines) is 2. The van der Waals surface area contributed by atoms with Crippen LogP contribution in [0.25, 0.3) is 0 Å². The number of rotatable bonds is 5. The molecule has 2 saturated heterocycles. The molecule has 4 nitrogen and oxygen atoms in total. The van der Waals surface area contributed by atoms with E-state index in [1.54, 1.807) is 0 Å². The minimum Gasteiger partial charge on any atom is -0.375 e. The number of halogens is 2. The van der Waals surface area contributed by atoms with Gasteiger partial charge in [0.25, 0.3) is 0 Å². The van der Waals surface area contributed by atoms with Crippen molar-refractivity contribution < 1.29 is 18.3 Å². The molecular formula is C26H42F2N2O2. The SMILES string of the molecule is CCCO[C@]1(C)[C@H](C)CN(C(=O)[C@@H]2CN(C(C)(C)C)C[C@H]2C2CC=C(F)C=C2F)C[C@@H]1C. The van der Waals surface area contributed by atoms with Crippen LogP contribution < -0.4 is 0 Å². The van der Waals surface area contributed by atoms with Crippen LogP contribution >= 0.6 is 0 Å². The molecular weight excluding hydrogens is 410 g/mol. The summed E-state index contributed by atoms with van der Waals surface area (Å²) in [5.74, 6) is -1.28. The summed E-state index contributed by atoms with van der Waals surface area (Å²) in [6, 6.07) is 0. The minimum atomic E-state index is -0.516. The lowest BCUT2D eigenvalue weighted by molar-refractivity contribution is -0.160. The Labute approximate surface area is 193 Å². The van der Waals surface area contributed by atoms with Crippen LogP contribution in [0.15, 0.2) is 23.8 Å². The van der Waals surface area contributed by atoms with E-state index in [0.29, 0.717) is 32.6 Å². The molecule has 0 bridgehead atoms. The third-order valence-electron chi connectivity index (χ3n) is 8.22. The van der Waals surface area contributed by atoms with Gasteiger partial charge in [-0.15, -0.1) is 0 Å². The van der Waals surface area contributed by atoms with E-state index in [2.05, 4.69) is 53.4 Å². The molecule has 0 saturated carbocycles. The van der Waals surface area contributed by atoms with Crippen LogP contribution in [0.1, 0.15) is 61.3 Å². The lowest BCUT2D eigenvalue weighted by Gasteiger charge is -2.49. The average molecular weight is 453 g/mol. The van der Waals surface area contributed by atoms with E-state index >= 15 is 0 Å². The van der Waals surface area contributed by atoms with Crippen molar-refractivity contribution in [3.63, 3.8) is 0 Å². The van der Waals surface area contributed by atoms with Crippen LogP contribution in [0, 0.1) is 29.6 Å². The van der Waals surface area contributed by atoms with Crippen molar-refractivity contribution in [2.24, 2.45) is 29.6 Å². The first kappa shape index (κ1) is 25.4. The molecule has 0 spiro atoms. The molecule has 2 fully saturated rings. The molecule has 1 amide bonds. The third kappa shape index (κ3) is 4.96. The monoisotopic (exact) mass is 452 g/mol. The molecule has 0 radical (unpaired) electrons. The predicted octanol–water partition coefficient (Wildman–Crippen LogP) is 5.36. The maximum atomic E-state index is 14.8. The molecule has 182 valence electrons. The Morgan fingerprint density at radius 2 is 1.78 bits per heavy atom. The van der Waals surface area contributed by atoms with E-state index in [0.717, 1.165) is 19.1 Å². The standard InChI is InChI=1S/C26H42F2N2O2/c1-8-11-32-26(7)17(2)13-29(14-18(26)3)24(31)22-16-30(25(4,5)6)15-21(22)20-10-9-19(27)12-23(20)28/h9,12,17-18,20-22H,8,10-11,13-16H2,1-7H3/t17-,18+,20?,21-,22+,26-/m0/s1. The molecule has 0 aromatic carbocycles. The summed E-state index contributed by atoms with van der Waals surface area (Å²) < 4.78 is 34.7. The number of hydrogen-bond donors (Lipinski definition) is 0. The van der Waals surface area contributed by atoms with Gasteiger partial charge in [-0.25, -0.2) is 8.78 Å². The zero-order chi connectivity index (χ0) is 23.8. The van der Waals surface area contributed by atoms with E-state index < -0.39 is 17.6 Å². The third-order valence-corrected chi connectivity index (χ3v) is 8.22. The number of amides is 1. The maximum absolute atomic E-state index is 14.8. The van der Waals surface area contributed by atoms with Crippen molar-refractivity contribution in [3.8, 4) is 0 Å². The Kier molecular flexibility index (Phi) is 7.56. The van der Waals surface area contributed by atoms with Gasteiger partial charge in [0.15, 0.2) is 0 Å². The zero-order valence-electron chi connectivity index (χ0n) is 21.0. The van der Waals surface area contributed by atoms with Gasteiger partial charge in [-0.1, -0.05) is 20.8 Å². The fourth-order valence-corrected chi connectivity index (χ4v) is 5.68. The van der Waals surface area contributed by atoms with Crippen LogP contribution in [0.2, 0.25) is 0 Å². The molecule has 2 heterocycles. The average Bonchev–Trinajstić information content (AvgIpc) is 3.15. The van der Waals surface area contributed by atoms with Gasteiger partial charge in [-0.05, 0) is 52.5 Å². The van der Waals surface area contributed by atoms with Crippen LogP contribution in [0.4, 0.5) is 8.78 Å². The Balaban J connectivity index is 1.81. The van der Waals surface area contributed by atoms with Crippen molar-refractivity contribution in [2.75, 3.05) is 32.8 Å². The summed E-state index contributed by atoms with van der Waals surface area (Å²) in [7, 11) is 0. The van der Waals surface area contributed by atoms with Gasteiger partial charge in [0, 0.05) is 62.2 Å². The molecule has 1 aliphatic carbocycles.